The van der Waals surface area contributed by atoms with E-state index in [0.29, 0.717) is 6.54 Å². The van der Waals surface area contributed by atoms with Gasteiger partial charge in [-0.2, -0.15) is 0 Å². The van der Waals surface area contributed by atoms with Crippen molar-refractivity contribution in [1.29, 1.82) is 0 Å². The molecule has 41 heavy (non-hydrogen) atoms. The van der Waals surface area contributed by atoms with E-state index in [9.17, 15) is 9.59 Å². The van der Waals surface area contributed by atoms with Gasteiger partial charge in [0, 0.05) is 18.5 Å². The second kappa shape index (κ2) is 15.4. The summed E-state index contributed by atoms with van der Waals surface area (Å²) in [5.41, 5.74) is 4.03. The van der Waals surface area contributed by atoms with E-state index in [1.54, 1.807) is 0 Å². The summed E-state index contributed by atoms with van der Waals surface area (Å²) < 4.78 is 5.25. The van der Waals surface area contributed by atoms with Crippen LogP contribution in [0.25, 0.3) is 0 Å². The van der Waals surface area contributed by atoms with Gasteiger partial charge in [0.05, 0.1) is 6.54 Å². The molecule has 6 nitrogen and oxygen atoms in total. The Morgan fingerprint density at radius 2 is 1.22 bits per heavy atom. The van der Waals surface area contributed by atoms with Crippen LogP contribution in [0.2, 0.25) is 0 Å². The van der Waals surface area contributed by atoms with Gasteiger partial charge in [-0.1, -0.05) is 121 Å². The Kier molecular flexibility index (Phi) is 11.1. The van der Waals surface area contributed by atoms with Crippen molar-refractivity contribution in [3.63, 3.8) is 0 Å². The molecule has 4 aromatic rings. The average Bonchev–Trinajstić information content (AvgIpc) is 3.02. The number of hydrogen-bond acceptors (Lipinski definition) is 4. The Morgan fingerprint density at radius 1 is 0.707 bits per heavy atom. The molecule has 2 amide bonds. The predicted molar refractivity (Wildman–Crippen MR) is 163 cm³/mol. The van der Waals surface area contributed by atoms with E-state index in [-0.39, 0.29) is 19.1 Å². The largest absolute Gasteiger partial charge is 0.445 e. The zero-order valence-corrected chi connectivity index (χ0v) is 23.7. The van der Waals surface area contributed by atoms with Gasteiger partial charge in [-0.15, -0.1) is 0 Å². The van der Waals surface area contributed by atoms with Crippen molar-refractivity contribution in [2.24, 2.45) is 0 Å². The summed E-state index contributed by atoms with van der Waals surface area (Å²) in [5.74, 6) is -0.265. The number of ether oxygens (including phenoxy) is 1. The van der Waals surface area contributed by atoms with Gasteiger partial charge < -0.3 is 20.3 Å². The number of hydrogen-bond donors (Lipinski definition) is 2. The first-order valence-electron chi connectivity index (χ1n) is 14.1. The zero-order chi connectivity index (χ0) is 28.8. The number of carbonyl (C=O) groups is 2. The van der Waals surface area contributed by atoms with Gasteiger partial charge in [0.15, 0.2) is 0 Å². The van der Waals surface area contributed by atoms with Crippen molar-refractivity contribution >= 4 is 12.0 Å². The van der Waals surface area contributed by atoms with Crippen molar-refractivity contribution < 1.29 is 14.3 Å². The molecule has 0 radical (unpaired) electrons. The number of rotatable bonds is 14. The number of nitrogens with one attached hydrogen (secondary N) is 2. The molecule has 0 aromatic heterocycles. The van der Waals surface area contributed by atoms with Crippen LogP contribution in [-0.4, -0.2) is 43.6 Å². The summed E-state index contributed by atoms with van der Waals surface area (Å²) in [6, 6.07) is 40.6. The lowest BCUT2D eigenvalue weighted by molar-refractivity contribution is -0.120. The highest BCUT2D eigenvalue weighted by Gasteiger charge is 2.34. The third-order valence-electron chi connectivity index (χ3n) is 7.28. The third-order valence-corrected chi connectivity index (χ3v) is 7.28. The van der Waals surface area contributed by atoms with Gasteiger partial charge in [0.1, 0.15) is 6.61 Å². The molecular formula is C35H39N3O3. The first kappa shape index (κ1) is 29.6. The van der Waals surface area contributed by atoms with E-state index in [2.05, 4.69) is 71.1 Å². The standard InChI is InChI=1S/C35H39N3O3/c1-38(26-29-15-6-2-7-16-29)24-14-23-35(31-19-10-4-11-20-31,32-21-12-5-13-22-32)28-37-33(39)25-36-34(40)41-27-30-17-8-3-9-18-30/h2-13,15-22H,14,23-28H2,1H3,(H,36,40)(H,37,39). The van der Waals surface area contributed by atoms with Crippen molar-refractivity contribution in [3.05, 3.63) is 144 Å². The van der Waals surface area contributed by atoms with Crippen molar-refractivity contribution in [2.75, 3.05) is 26.7 Å². The molecule has 2 N–H and O–H groups in total. The maximum Gasteiger partial charge on any atom is 0.407 e. The van der Waals surface area contributed by atoms with Crippen LogP contribution in [-0.2, 0) is 28.1 Å². The lowest BCUT2D eigenvalue weighted by Crippen LogP contribution is -2.45. The van der Waals surface area contributed by atoms with Crippen LogP contribution in [0.15, 0.2) is 121 Å². The molecule has 6 heteroatoms. The van der Waals surface area contributed by atoms with Gasteiger partial charge in [-0.05, 0) is 48.7 Å². The molecule has 212 valence electrons. The molecule has 0 unspecified atom stereocenters. The number of nitrogens with zero attached hydrogens (tertiary/aromatic N) is 1. The second-order valence-electron chi connectivity index (χ2n) is 10.3. The van der Waals surface area contributed by atoms with Crippen molar-refractivity contribution in [2.45, 2.75) is 31.4 Å². The van der Waals surface area contributed by atoms with Crippen LogP contribution < -0.4 is 10.6 Å². The summed E-state index contributed by atoms with van der Waals surface area (Å²) in [7, 11) is 2.14. The minimum atomic E-state index is -0.622. The maximum atomic E-state index is 12.9. The minimum absolute atomic E-state index is 0.151. The summed E-state index contributed by atoms with van der Waals surface area (Å²) >= 11 is 0. The quantitative estimate of drug-likeness (QED) is 0.205. The number of benzene rings is 4. The van der Waals surface area contributed by atoms with E-state index >= 15 is 0 Å². The molecule has 0 heterocycles. The first-order chi connectivity index (χ1) is 20.0. The Bertz CT molecular complexity index is 1290. The van der Waals surface area contributed by atoms with Crippen LogP contribution in [0, 0.1) is 0 Å². The zero-order valence-electron chi connectivity index (χ0n) is 23.7. The van der Waals surface area contributed by atoms with Crippen molar-refractivity contribution in [1.82, 2.24) is 15.5 Å². The maximum absolute atomic E-state index is 12.9. The van der Waals surface area contributed by atoms with Gasteiger partial charge >= 0.3 is 6.09 Å². The SMILES string of the molecule is CN(CCCC(CNC(=O)CNC(=O)OCc1ccccc1)(c1ccccc1)c1ccccc1)Cc1ccccc1. The fourth-order valence-electron chi connectivity index (χ4n) is 5.13. The van der Waals surface area contributed by atoms with E-state index in [0.717, 1.165) is 42.6 Å². The molecule has 0 spiro atoms. The molecule has 0 atom stereocenters. The second-order valence-corrected chi connectivity index (χ2v) is 10.3. The molecule has 0 aliphatic carbocycles. The van der Waals surface area contributed by atoms with E-state index in [4.69, 9.17) is 4.74 Å². The number of carbonyl (C=O) groups excluding carboxylic acids is 2. The molecule has 0 saturated heterocycles. The molecule has 0 saturated carbocycles. The van der Waals surface area contributed by atoms with E-state index < -0.39 is 11.5 Å². The average molecular weight is 550 g/mol. The first-order valence-corrected chi connectivity index (χ1v) is 14.1. The number of alkyl carbamates (subject to hydrolysis) is 1. The van der Waals surface area contributed by atoms with Crippen LogP contribution >= 0.6 is 0 Å². The highest BCUT2D eigenvalue weighted by atomic mass is 16.5. The molecule has 0 fully saturated rings. The highest BCUT2D eigenvalue weighted by molar-refractivity contribution is 5.82. The summed E-state index contributed by atoms with van der Waals surface area (Å²) in [5, 5.41) is 5.67. The Labute approximate surface area is 243 Å². The Hall–Kier alpha value is -4.42. The molecular weight excluding hydrogens is 510 g/mol. The van der Waals surface area contributed by atoms with E-state index in [1.165, 1.54) is 5.56 Å². The predicted octanol–water partition coefficient (Wildman–Crippen LogP) is 5.93. The molecule has 4 rings (SSSR count). The van der Waals surface area contributed by atoms with Crippen LogP contribution in [0.1, 0.15) is 35.1 Å². The monoisotopic (exact) mass is 549 g/mol. The summed E-state index contributed by atoms with van der Waals surface area (Å²) in [6.07, 6.45) is 1.16. The van der Waals surface area contributed by atoms with Crippen molar-refractivity contribution in [3.8, 4) is 0 Å². The normalized spacial score (nSPS) is 11.2. The van der Waals surface area contributed by atoms with Crippen LogP contribution in [0.5, 0.6) is 0 Å². The highest BCUT2D eigenvalue weighted by Crippen LogP contribution is 2.36. The van der Waals surface area contributed by atoms with Gasteiger partial charge in [0.25, 0.3) is 0 Å². The van der Waals surface area contributed by atoms with Crippen LogP contribution in [0.3, 0.4) is 0 Å². The molecule has 4 aromatic carbocycles. The number of amides is 2. The topological polar surface area (TPSA) is 70.7 Å². The molecule has 0 aliphatic rings. The molecule has 0 bridgehead atoms. The fourth-order valence-corrected chi connectivity index (χ4v) is 5.13. The summed E-state index contributed by atoms with van der Waals surface area (Å²) in [4.78, 5) is 27.4. The van der Waals surface area contributed by atoms with Crippen LogP contribution in [0.4, 0.5) is 4.79 Å². The van der Waals surface area contributed by atoms with Gasteiger partial charge in [-0.25, -0.2) is 4.79 Å². The third kappa shape index (κ3) is 9.05. The lowest BCUT2D eigenvalue weighted by Gasteiger charge is -2.36. The van der Waals surface area contributed by atoms with Gasteiger partial charge in [0.2, 0.25) is 5.91 Å². The summed E-state index contributed by atoms with van der Waals surface area (Å²) in [6.45, 7) is 2.20. The van der Waals surface area contributed by atoms with Gasteiger partial charge in [-0.3, -0.25) is 4.79 Å². The Morgan fingerprint density at radius 3 is 1.78 bits per heavy atom. The minimum Gasteiger partial charge on any atom is -0.445 e. The Balaban J connectivity index is 1.41. The lowest BCUT2D eigenvalue weighted by atomic mass is 9.71. The molecule has 0 aliphatic heterocycles. The van der Waals surface area contributed by atoms with E-state index in [1.807, 2.05) is 72.8 Å². The smallest absolute Gasteiger partial charge is 0.407 e. The fraction of sp³-hybridized carbons (Fsp3) is 0.257.